The van der Waals surface area contributed by atoms with Gasteiger partial charge in [0.25, 0.3) is 0 Å². The number of ketones is 1. The third-order valence-corrected chi connectivity index (χ3v) is 2.20. The Hall–Kier alpha value is -1.15. The van der Waals surface area contributed by atoms with Crippen molar-refractivity contribution in [3.8, 4) is 0 Å². The Balaban J connectivity index is 2.89. The van der Waals surface area contributed by atoms with Gasteiger partial charge in [-0.15, -0.1) is 0 Å². The van der Waals surface area contributed by atoms with Crippen LogP contribution in [0.25, 0.3) is 0 Å². The van der Waals surface area contributed by atoms with Crippen LogP contribution in [0.15, 0.2) is 18.2 Å². The molecule has 0 unspecified atom stereocenters. The number of carbonyl (C=O) groups excluding carboxylic acids is 1. The van der Waals surface area contributed by atoms with E-state index in [1.165, 1.54) is 0 Å². The van der Waals surface area contributed by atoms with Gasteiger partial charge in [-0.25, -0.2) is 0 Å². The lowest BCUT2D eigenvalue weighted by atomic mass is 10.00. The number of hydrogen-bond donors (Lipinski definition) is 0. The van der Waals surface area contributed by atoms with E-state index < -0.39 is 0 Å². The van der Waals surface area contributed by atoms with Gasteiger partial charge in [-0.3, -0.25) is 4.79 Å². The van der Waals surface area contributed by atoms with Gasteiger partial charge >= 0.3 is 0 Å². The first-order chi connectivity index (χ1) is 6.66. The second-order valence-corrected chi connectivity index (χ2v) is 3.33. The Bertz CT molecular complexity index is 309. The van der Waals surface area contributed by atoms with Gasteiger partial charge in [0.15, 0.2) is 5.78 Å². The molecule has 0 amide bonds. The topological polar surface area (TPSA) is 26.3 Å². The molecule has 0 aromatic heterocycles. The number of carbonyl (C=O) groups is 1. The van der Waals surface area contributed by atoms with E-state index >= 15 is 0 Å². The Morgan fingerprint density at radius 1 is 1.29 bits per heavy atom. The van der Waals surface area contributed by atoms with Crippen LogP contribution in [-0.4, -0.2) is 19.0 Å². The molecule has 0 atom stereocenters. The molecule has 1 rings (SSSR count). The van der Waals surface area contributed by atoms with Gasteiger partial charge in [-0.05, 0) is 31.9 Å². The zero-order valence-corrected chi connectivity index (χ0v) is 8.96. The van der Waals surface area contributed by atoms with E-state index in [1.54, 1.807) is 0 Å². The summed E-state index contributed by atoms with van der Waals surface area (Å²) in [6.45, 7) is 6.55. The van der Waals surface area contributed by atoms with Gasteiger partial charge in [0.1, 0.15) is 6.61 Å². The third kappa shape index (κ3) is 2.42. The average molecular weight is 192 g/mol. The normalized spacial score (nSPS) is 10.2. The molecule has 2 nitrogen and oxygen atoms in total. The summed E-state index contributed by atoms with van der Waals surface area (Å²) in [4.78, 5) is 11.7. The summed E-state index contributed by atoms with van der Waals surface area (Å²) < 4.78 is 5.11. The predicted octanol–water partition coefficient (Wildman–Crippen LogP) is 2.52. The monoisotopic (exact) mass is 192 g/mol. The molecule has 0 bridgehead atoms. The van der Waals surface area contributed by atoms with Crippen molar-refractivity contribution in [1.82, 2.24) is 0 Å². The first kappa shape index (κ1) is 10.9. The lowest BCUT2D eigenvalue weighted by molar-refractivity contribution is 0.0782. The Morgan fingerprint density at radius 3 is 2.36 bits per heavy atom. The Labute approximate surface area is 84.9 Å². The molecule has 1 aromatic carbocycles. The van der Waals surface area contributed by atoms with E-state index in [4.69, 9.17) is 4.74 Å². The largest absolute Gasteiger partial charge is 0.374 e. The molecule has 0 heterocycles. The molecule has 76 valence electrons. The number of aryl methyl sites for hydroxylation is 2. The summed E-state index contributed by atoms with van der Waals surface area (Å²) >= 11 is 0. The molecule has 14 heavy (non-hydrogen) atoms. The molecular formula is C12H16O2. The fourth-order valence-corrected chi connectivity index (χ4v) is 1.52. The van der Waals surface area contributed by atoms with Crippen molar-refractivity contribution >= 4 is 5.78 Å². The van der Waals surface area contributed by atoms with E-state index in [9.17, 15) is 4.79 Å². The summed E-state index contributed by atoms with van der Waals surface area (Å²) in [6.07, 6.45) is 0. The van der Waals surface area contributed by atoms with Crippen LogP contribution in [0, 0.1) is 13.8 Å². The number of Topliss-reactive ketones (excluding diaryl/α,β-unsaturated/α-hetero) is 1. The molecule has 0 aliphatic heterocycles. The molecule has 0 aliphatic rings. The maximum atomic E-state index is 11.7. The number of ether oxygens (including phenoxy) is 1. The van der Waals surface area contributed by atoms with Crippen LogP contribution in [0.5, 0.6) is 0 Å². The van der Waals surface area contributed by atoms with E-state index in [1.807, 2.05) is 39.0 Å². The maximum absolute atomic E-state index is 11.7. The summed E-state index contributed by atoms with van der Waals surface area (Å²) in [6, 6.07) is 5.86. The van der Waals surface area contributed by atoms with Crippen molar-refractivity contribution in [1.29, 1.82) is 0 Å². The molecule has 1 aromatic rings. The van der Waals surface area contributed by atoms with Gasteiger partial charge in [0, 0.05) is 12.2 Å². The summed E-state index contributed by atoms with van der Waals surface area (Å²) in [5.74, 6) is 0.0717. The van der Waals surface area contributed by atoms with Crippen LogP contribution in [0.4, 0.5) is 0 Å². The number of hydrogen-bond acceptors (Lipinski definition) is 2. The van der Waals surface area contributed by atoms with E-state index in [-0.39, 0.29) is 12.4 Å². The van der Waals surface area contributed by atoms with Crippen LogP contribution in [0.2, 0.25) is 0 Å². The third-order valence-electron chi connectivity index (χ3n) is 2.20. The van der Waals surface area contributed by atoms with Gasteiger partial charge in [0.2, 0.25) is 0 Å². The van der Waals surface area contributed by atoms with Crippen molar-refractivity contribution in [2.24, 2.45) is 0 Å². The minimum Gasteiger partial charge on any atom is -0.374 e. The standard InChI is InChI=1S/C12H16O2/c1-4-14-8-11(13)12-9(2)6-5-7-10(12)3/h5-7H,4,8H2,1-3H3. The first-order valence-corrected chi connectivity index (χ1v) is 4.84. The van der Waals surface area contributed by atoms with Gasteiger partial charge in [0.05, 0.1) is 0 Å². The van der Waals surface area contributed by atoms with Crippen molar-refractivity contribution in [2.75, 3.05) is 13.2 Å². The average Bonchev–Trinajstić information content (AvgIpc) is 2.14. The highest BCUT2D eigenvalue weighted by molar-refractivity contribution is 5.99. The van der Waals surface area contributed by atoms with Crippen molar-refractivity contribution in [3.05, 3.63) is 34.9 Å². The Morgan fingerprint density at radius 2 is 1.86 bits per heavy atom. The molecular weight excluding hydrogens is 176 g/mol. The second kappa shape index (κ2) is 4.91. The van der Waals surface area contributed by atoms with Crippen molar-refractivity contribution < 1.29 is 9.53 Å². The van der Waals surface area contributed by atoms with Crippen LogP contribution in [0.3, 0.4) is 0 Å². The summed E-state index contributed by atoms with van der Waals surface area (Å²) in [5, 5.41) is 0. The maximum Gasteiger partial charge on any atom is 0.188 e. The molecule has 0 radical (unpaired) electrons. The minimum absolute atomic E-state index is 0.0717. The van der Waals surface area contributed by atoms with E-state index in [0.29, 0.717) is 6.61 Å². The van der Waals surface area contributed by atoms with Crippen molar-refractivity contribution in [3.63, 3.8) is 0 Å². The summed E-state index contributed by atoms with van der Waals surface area (Å²) in [7, 11) is 0. The van der Waals surface area contributed by atoms with Crippen molar-refractivity contribution in [2.45, 2.75) is 20.8 Å². The minimum atomic E-state index is 0.0717. The first-order valence-electron chi connectivity index (χ1n) is 4.84. The second-order valence-electron chi connectivity index (χ2n) is 3.33. The zero-order valence-electron chi connectivity index (χ0n) is 8.96. The predicted molar refractivity (Wildman–Crippen MR) is 56.7 cm³/mol. The molecule has 0 spiro atoms. The highest BCUT2D eigenvalue weighted by Gasteiger charge is 2.10. The van der Waals surface area contributed by atoms with Gasteiger partial charge in [-0.2, -0.15) is 0 Å². The van der Waals surface area contributed by atoms with E-state index in [2.05, 4.69) is 0 Å². The zero-order chi connectivity index (χ0) is 10.6. The van der Waals surface area contributed by atoms with Gasteiger partial charge < -0.3 is 4.74 Å². The van der Waals surface area contributed by atoms with Crippen LogP contribution in [-0.2, 0) is 4.74 Å². The van der Waals surface area contributed by atoms with Gasteiger partial charge in [-0.1, -0.05) is 18.2 Å². The fraction of sp³-hybridized carbons (Fsp3) is 0.417. The smallest absolute Gasteiger partial charge is 0.188 e. The number of rotatable bonds is 4. The van der Waals surface area contributed by atoms with Crippen LogP contribution < -0.4 is 0 Å². The lowest BCUT2D eigenvalue weighted by Crippen LogP contribution is -2.12. The molecule has 0 saturated carbocycles. The van der Waals surface area contributed by atoms with Crippen LogP contribution >= 0.6 is 0 Å². The Kier molecular flexibility index (Phi) is 3.84. The molecule has 2 heteroatoms. The van der Waals surface area contributed by atoms with E-state index in [0.717, 1.165) is 16.7 Å². The molecule has 0 N–H and O–H groups in total. The molecule has 0 saturated heterocycles. The lowest BCUT2D eigenvalue weighted by Gasteiger charge is -2.07. The summed E-state index contributed by atoms with van der Waals surface area (Å²) in [5.41, 5.74) is 2.85. The molecule has 0 aliphatic carbocycles. The number of benzene rings is 1. The fourth-order valence-electron chi connectivity index (χ4n) is 1.52. The van der Waals surface area contributed by atoms with Crippen LogP contribution in [0.1, 0.15) is 28.4 Å². The highest BCUT2D eigenvalue weighted by Crippen LogP contribution is 2.13. The quantitative estimate of drug-likeness (QED) is 0.685. The molecule has 0 fully saturated rings. The highest BCUT2D eigenvalue weighted by atomic mass is 16.5. The SMILES string of the molecule is CCOCC(=O)c1c(C)cccc1C.